The van der Waals surface area contributed by atoms with E-state index in [1.165, 1.54) is 44.9 Å². The van der Waals surface area contributed by atoms with Gasteiger partial charge >= 0.3 is 5.97 Å². The van der Waals surface area contributed by atoms with Crippen LogP contribution in [0.2, 0.25) is 0 Å². The lowest BCUT2D eigenvalue weighted by molar-refractivity contribution is -0.145. The summed E-state index contributed by atoms with van der Waals surface area (Å²) in [5.41, 5.74) is 2.05. The van der Waals surface area contributed by atoms with Crippen LogP contribution < -0.4 is 0 Å². The summed E-state index contributed by atoms with van der Waals surface area (Å²) >= 11 is 4.24. The molecular formula is C27H36O3S. The van der Waals surface area contributed by atoms with Crippen molar-refractivity contribution in [1.82, 2.24) is 0 Å². The summed E-state index contributed by atoms with van der Waals surface area (Å²) in [4.78, 5) is 25.1. The van der Waals surface area contributed by atoms with E-state index in [1.54, 1.807) is 24.3 Å². The number of ketones is 1. The molecule has 2 aromatic rings. The van der Waals surface area contributed by atoms with Crippen molar-refractivity contribution in [2.45, 2.75) is 70.6 Å². The highest BCUT2D eigenvalue weighted by Gasteiger charge is 2.18. The fourth-order valence-corrected chi connectivity index (χ4v) is 3.81. The molecule has 4 heteroatoms. The molecule has 0 saturated heterocycles. The van der Waals surface area contributed by atoms with Crippen LogP contribution in [0.25, 0.3) is 0 Å². The first-order valence-corrected chi connectivity index (χ1v) is 12.2. The molecule has 31 heavy (non-hydrogen) atoms. The van der Waals surface area contributed by atoms with Gasteiger partial charge in [-0.05, 0) is 37.1 Å². The zero-order valence-electron chi connectivity index (χ0n) is 18.7. The highest BCUT2D eigenvalue weighted by Crippen LogP contribution is 2.20. The van der Waals surface area contributed by atoms with Crippen LogP contribution in [-0.2, 0) is 9.53 Å². The molecule has 2 rings (SSSR count). The van der Waals surface area contributed by atoms with E-state index in [9.17, 15) is 9.59 Å². The molecule has 0 heterocycles. The molecule has 0 aliphatic rings. The highest BCUT2D eigenvalue weighted by molar-refractivity contribution is 7.80. The smallest absolute Gasteiger partial charge is 0.313 e. The van der Waals surface area contributed by atoms with Crippen molar-refractivity contribution in [3.8, 4) is 0 Å². The van der Waals surface area contributed by atoms with Crippen LogP contribution in [0, 0.1) is 0 Å². The Hall–Kier alpha value is -2.07. The second-order valence-corrected chi connectivity index (χ2v) is 8.56. The van der Waals surface area contributed by atoms with Gasteiger partial charge in [0.15, 0.2) is 5.78 Å². The van der Waals surface area contributed by atoms with Crippen molar-refractivity contribution in [2.24, 2.45) is 0 Å². The van der Waals surface area contributed by atoms with Gasteiger partial charge in [0.05, 0.1) is 12.5 Å². The van der Waals surface area contributed by atoms with Gasteiger partial charge in [0, 0.05) is 11.1 Å². The molecule has 0 spiro atoms. The van der Waals surface area contributed by atoms with E-state index in [-0.39, 0.29) is 17.7 Å². The van der Waals surface area contributed by atoms with Crippen LogP contribution in [0.15, 0.2) is 54.6 Å². The van der Waals surface area contributed by atoms with Gasteiger partial charge in [-0.25, -0.2) is 0 Å². The Labute approximate surface area is 193 Å². The van der Waals surface area contributed by atoms with E-state index in [0.29, 0.717) is 17.7 Å². The first-order valence-electron chi connectivity index (χ1n) is 11.6. The Balaban J connectivity index is 1.68. The zero-order valence-corrected chi connectivity index (χ0v) is 19.6. The summed E-state index contributed by atoms with van der Waals surface area (Å²) in [6, 6.07) is 16.5. The summed E-state index contributed by atoms with van der Waals surface area (Å²) in [6.45, 7) is 2.30. The van der Waals surface area contributed by atoms with E-state index in [1.807, 2.05) is 37.3 Å². The molecule has 0 aromatic heterocycles. The molecule has 1 unspecified atom stereocenters. The maximum Gasteiger partial charge on any atom is 0.313 e. The van der Waals surface area contributed by atoms with Crippen LogP contribution in [0.5, 0.6) is 0 Å². The number of benzene rings is 2. The lowest BCUT2D eigenvalue weighted by Crippen LogP contribution is -2.14. The number of esters is 1. The molecule has 0 fully saturated rings. The Morgan fingerprint density at radius 1 is 0.774 bits per heavy atom. The molecule has 0 N–H and O–H groups in total. The first-order chi connectivity index (χ1) is 15.1. The number of ether oxygens (including phenoxy) is 1. The molecule has 0 saturated carbocycles. The van der Waals surface area contributed by atoms with Crippen LogP contribution in [0.3, 0.4) is 0 Å². The molecule has 1 atom stereocenters. The van der Waals surface area contributed by atoms with Gasteiger partial charge in [-0.15, -0.1) is 0 Å². The summed E-state index contributed by atoms with van der Waals surface area (Å²) < 4.78 is 5.48. The van der Waals surface area contributed by atoms with Gasteiger partial charge in [-0.2, -0.15) is 12.6 Å². The van der Waals surface area contributed by atoms with Crippen LogP contribution in [0.1, 0.15) is 92.1 Å². The summed E-state index contributed by atoms with van der Waals surface area (Å²) in [5.74, 6) is 0.341. The van der Waals surface area contributed by atoms with Crippen molar-refractivity contribution in [1.29, 1.82) is 0 Å². The predicted molar refractivity (Wildman–Crippen MR) is 131 cm³/mol. The fraction of sp³-hybridized carbons (Fsp3) is 0.481. The predicted octanol–water partition coefficient (Wildman–Crippen LogP) is 7.01. The average Bonchev–Trinajstić information content (AvgIpc) is 2.82. The van der Waals surface area contributed by atoms with Crippen molar-refractivity contribution in [3.05, 3.63) is 71.3 Å². The molecular weight excluding hydrogens is 404 g/mol. The number of hydrogen-bond acceptors (Lipinski definition) is 4. The molecule has 0 aliphatic heterocycles. The monoisotopic (exact) mass is 440 g/mol. The normalized spacial score (nSPS) is 11.8. The SMILES string of the molecule is CC(C(=O)OCCCCCCCCCCCS)c1cccc(C(=O)c2ccccc2)c1. The highest BCUT2D eigenvalue weighted by atomic mass is 32.1. The van der Waals surface area contributed by atoms with Crippen molar-refractivity contribution < 1.29 is 14.3 Å². The zero-order chi connectivity index (χ0) is 22.3. The number of hydrogen-bond donors (Lipinski definition) is 1. The lowest BCUT2D eigenvalue weighted by Gasteiger charge is -2.13. The third-order valence-electron chi connectivity index (χ3n) is 5.59. The first kappa shape index (κ1) is 25.2. The fourth-order valence-electron chi connectivity index (χ4n) is 3.59. The minimum atomic E-state index is -0.388. The van der Waals surface area contributed by atoms with Gasteiger partial charge in [-0.1, -0.05) is 93.5 Å². The minimum absolute atomic E-state index is 0.0373. The summed E-state index contributed by atoms with van der Waals surface area (Å²) in [5, 5.41) is 0. The van der Waals surface area contributed by atoms with Crippen molar-refractivity contribution in [2.75, 3.05) is 12.4 Å². The van der Waals surface area contributed by atoms with E-state index in [2.05, 4.69) is 12.6 Å². The molecule has 0 radical (unpaired) electrons. The Bertz CT molecular complexity index is 788. The third kappa shape index (κ3) is 9.30. The number of thiol groups is 1. The van der Waals surface area contributed by atoms with Crippen molar-refractivity contribution in [3.63, 3.8) is 0 Å². The van der Waals surface area contributed by atoms with E-state index in [4.69, 9.17) is 4.74 Å². The lowest BCUT2D eigenvalue weighted by atomic mass is 9.96. The maximum atomic E-state index is 12.7. The maximum absolute atomic E-state index is 12.7. The standard InChI is InChI=1S/C27H36O3S/c1-22(27(29)30-19-12-7-5-3-2-4-6-8-13-20-31)24-17-14-18-25(21-24)26(28)23-15-10-9-11-16-23/h9-11,14-18,21-22,31H,2-8,12-13,19-20H2,1H3. The van der Waals surface area contributed by atoms with Gasteiger partial charge in [0.2, 0.25) is 0 Å². The molecule has 168 valence electrons. The average molecular weight is 441 g/mol. The quantitative estimate of drug-likeness (QED) is 0.140. The number of carbonyl (C=O) groups is 2. The second-order valence-electron chi connectivity index (χ2n) is 8.12. The largest absolute Gasteiger partial charge is 0.465 e. The molecule has 2 aromatic carbocycles. The van der Waals surface area contributed by atoms with Crippen LogP contribution in [0.4, 0.5) is 0 Å². The molecule has 0 amide bonds. The Morgan fingerprint density at radius 3 is 2.00 bits per heavy atom. The Morgan fingerprint density at radius 2 is 1.35 bits per heavy atom. The van der Waals surface area contributed by atoms with E-state index < -0.39 is 0 Å². The number of carbonyl (C=O) groups excluding carboxylic acids is 2. The van der Waals surface area contributed by atoms with Gasteiger partial charge < -0.3 is 4.74 Å². The molecule has 3 nitrogen and oxygen atoms in total. The van der Waals surface area contributed by atoms with Crippen LogP contribution >= 0.6 is 12.6 Å². The van der Waals surface area contributed by atoms with Gasteiger partial charge in [0.1, 0.15) is 0 Å². The summed E-state index contributed by atoms with van der Waals surface area (Å²) in [7, 11) is 0. The number of unbranched alkanes of at least 4 members (excludes halogenated alkanes) is 8. The second kappa shape index (κ2) is 14.9. The third-order valence-corrected chi connectivity index (χ3v) is 5.90. The topological polar surface area (TPSA) is 43.4 Å². The Kier molecular flexibility index (Phi) is 12.1. The van der Waals surface area contributed by atoms with Gasteiger partial charge in [0.25, 0.3) is 0 Å². The van der Waals surface area contributed by atoms with Crippen molar-refractivity contribution >= 4 is 24.4 Å². The number of rotatable bonds is 15. The van der Waals surface area contributed by atoms with Gasteiger partial charge in [-0.3, -0.25) is 9.59 Å². The van der Waals surface area contributed by atoms with Crippen LogP contribution in [-0.4, -0.2) is 24.1 Å². The van der Waals surface area contributed by atoms with E-state index >= 15 is 0 Å². The molecule has 0 bridgehead atoms. The van der Waals surface area contributed by atoms with E-state index in [0.717, 1.165) is 24.2 Å². The minimum Gasteiger partial charge on any atom is -0.465 e. The molecule has 0 aliphatic carbocycles. The summed E-state index contributed by atoms with van der Waals surface area (Å²) in [6.07, 6.45) is 10.9.